The smallest absolute Gasteiger partial charge is 0.168 e. The van der Waals surface area contributed by atoms with Crippen LogP contribution in [0.1, 0.15) is 17.2 Å². The van der Waals surface area contributed by atoms with Crippen LogP contribution in [0.4, 0.5) is 4.39 Å². The van der Waals surface area contributed by atoms with Crippen LogP contribution in [0.2, 0.25) is 0 Å². The third-order valence-electron chi connectivity index (χ3n) is 3.24. The van der Waals surface area contributed by atoms with Gasteiger partial charge in [0.05, 0.1) is 14.2 Å². The average molecular weight is 275 g/mol. The molecule has 0 amide bonds. The summed E-state index contributed by atoms with van der Waals surface area (Å²) in [5.41, 5.74) is 7.57. The number of para-hydroxylation sites is 1. The minimum Gasteiger partial charge on any atom is -0.496 e. The first kappa shape index (κ1) is 14.3. The van der Waals surface area contributed by atoms with Crippen molar-refractivity contribution in [1.29, 1.82) is 0 Å². The average Bonchev–Trinajstić information content (AvgIpc) is 2.49. The molecule has 0 aliphatic rings. The number of nitrogens with two attached hydrogens (primary N) is 1. The molecule has 0 heterocycles. The van der Waals surface area contributed by atoms with Crippen LogP contribution in [0.3, 0.4) is 0 Å². The summed E-state index contributed by atoms with van der Waals surface area (Å²) in [6.07, 6.45) is 0.378. The zero-order chi connectivity index (χ0) is 14.5. The predicted molar refractivity (Wildman–Crippen MR) is 76.6 cm³/mol. The molecule has 1 unspecified atom stereocenters. The van der Waals surface area contributed by atoms with E-state index in [0.29, 0.717) is 17.7 Å². The highest BCUT2D eigenvalue weighted by Gasteiger charge is 2.16. The highest BCUT2D eigenvalue weighted by Crippen LogP contribution is 2.28. The van der Waals surface area contributed by atoms with Gasteiger partial charge in [-0.25, -0.2) is 4.39 Å². The molecule has 2 aromatic carbocycles. The molecule has 0 fully saturated rings. The van der Waals surface area contributed by atoms with E-state index in [1.54, 1.807) is 25.3 Å². The molecule has 2 rings (SSSR count). The van der Waals surface area contributed by atoms with Crippen LogP contribution in [0.15, 0.2) is 42.5 Å². The SMILES string of the molecule is COc1ccccc1C(N)Cc1cccc(OC)c1F. The Morgan fingerprint density at radius 2 is 1.65 bits per heavy atom. The zero-order valence-corrected chi connectivity index (χ0v) is 11.6. The van der Waals surface area contributed by atoms with Crippen molar-refractivity contribution in [3.63, 3.8) is 0 Å². The number of ether oxygens (including phenoxy) is 2. The number of rotatable bonds is 5. The molecule has 0 saturated heterocycles. The maximum absolute atomic E-state index is 14.1. The second kappa shape index (κ2) is 6.39. The van der Waals surface area contributed by atoms with Gasteiger partial charge < -0.3 is 15.2 Å². The van der Waals surface area contributed by atoms with Crippen LogP contribution >= 0.6 is 0 Å². The van der Waals surface area contributed by atoms with Gasteiger partial charge >= 0.3 is 0 Å². The van der Waals surface area contributed by atoms with E-state index in [9.17, 15) is 4.39 Å². The Hall–Kier alpha value is -2.07. The summed E-state index contributed by atoms with van der Waals surface area (Å²) >= 11 is 0. The van der Waals surface area contributed by atoms with E-state index in [-0.39, 0.29) is 17.6 Å². The summed E-state index contributed by atoms with van der Waals surface area (Å²) in [5.74, 6) is 0.582. The highest BCUT2D eigenvalue weighted by molar-refractivity contribution is 5.38. The lowest BCUT2D eigenvalue weighted by molar-refractivity contribution is 0.383. The first-order valence-corrected chi connectivity index (χ1v) is 6.37. The third kappa shape index (κ3) is 2.91. The van der Waals surface area contributed by atoms with Gasteiger partial charge in [0.25, 0.3) is 0 Å². The lowest BCUT2D eigenvalue weighted by Crippen LogP contribution is -2.15. The molecule has 3 nitrogen and oxygen atoms in total. The molecule has 20 heavy (non-hydrogen) atoms. The van der Waals surface area contributed by atoms with Crippen molar-refractivity contribution in [2.24, 2.45) is 5.73 Å². The van der Waals surface area contributed by atoms with Gasteiger partial charge in [0.1, 0.15) is 5.75 Å². The highest BCUT2D eigenvalue weighted by atomic mass is 19.1. The Bertz CT molecular complexity index is 586. The van der Waals surface area contributed by atoms with Crippen LogP contribution < -0.4 is 15.2 Å². The van der Waals surface area contributed by atoms with Gasteiger partial charge in [0, 0.05) is 11.6 Å². The maximum Gasteiger partial charge on any atom is 0.168 e. The molecule has 0 radical (unpaired) electrons. The van der Waals surface area contributed by atoms with E-state index < -0.39 is 0 Å². The second-order valence-corrected chi connectivity index (χ2v) is 4.49. The maximum atomic E-state index is 14.1. The molecule has 0 bridgehead atoms. The van der Waals surface area contributed by atoms with Crippen LogP contribution in [-0.2, 0) is 6.42 Å². The van der Waals surface area contributed by atoms with Gasteiger partial charge in [-0.1, -0.05) is 30.3 Å². The van der Waals surface area contributed by atoms with Crippen molar-refractivity contribution in [3.05, 3.63) is 59.4 Å². The normalized spacial score (nSPS) is 12.0. The molecule has 0 aromatic heterocycles. The Morgan fingerprint density at radius 1 is 1.00 bits per heavy atom. The molecule has 2 N–H and O–H groups in total. The fourth-order valence-electron chi connectivity index (χ4n) is 2.19. The van der Waals surface area contributed by atoms with Gasteiger partial charge in [-0.15, -0.1) is 0 Å². The monoisotopic (exact) mass is 275 g/mol. The fourth-order valence-corrected chi connectivity index (χ4v) is 2.19. The second-order valence-electron chi connectivity index (χ2n) is 4.49. The largest absolute Gasteiger partial charge is 0.496 e. The molecule has 1 atom stereocenters. The minimum absolute atomic E-state index is 0.231. The molecule has 0 saturated carbocycles. The summed E-state index contributed by atoms with van der Waals surface area (Å²) in [6.45, 7) is 0. The van der Waals surface area contributed by atoms with Crippen molar-refractivity contribution >= 4 is 0 Å². The van der Waals surface area contributed by atoms with Crippen molar-refractivity contribution in [2.45, 2.75) is 12.5 Å². The molecule has 4 heteroatoms. The predicted octanol–water partition coefficient (Wildman–Crippen LogP) is 3.09. The van der Waals surface area contributed by atoms with Gasteiger partial charge in [0.15, 0.2) is 11.6 Å². The van der Waals surface area contributed by atoms with Crippen LogP contribution in [0.25, 0.3) is 0 Å². The summed E-state index contributed by atoms with van der Waals surface area (Å²) in [6, 6.07) is 12.2. The molecular weight excluding hydrogens is 257 g/mol. The van der Waals surface area contributed by atoms with Gasteiger partial charge in [-0.2, -0.15) is 0 Å². The number of hydrogen-bond donors (Lipinski definition) is 1. The Balaban J connectivity index is 2.26. The number of halogens is 1. The van der Waals surface area contributed by atoms with Crippen molar-refractivity contribution in [3.8, 4) is 11.5 Å². The quantitative estimate of drug-likeness (QED) is 0.912. The third-order valence-corrected chi connectivity index (χ3v) is 3.24. The molecule has 0 aliphatic carbocycles. The minimum atomic E-state index is -0.361. The molecule has 0 spiro atoms. The first-order chi connectivity index (χ1) is 9.67. The topological polar surface area (TPSA) is 44.5 Å². The fraction of sp³-hybridized carbons (Fsp3) is 0.250. The zero-order valence-electron chi connectivity index (χ0n) is 11.6. The van der Waals surface area contributed by atoms with E-state index in [2.05, 4.69) is 0 Å². The number of methoxy groups -OCH3 is 2. The van der Waals surface area contributed by atoms with Crippen molar-refractivity contribution in [1.82, 2.24) is 0 Å². The van der Waals surface area contributed by atoms with Crippen LogP contribution in [0, 0.1) is 5.82 Å². The van der Waals surface area contributed by atoms with Crippen molar-refractivity contribution in [2.75, 3.05) is 14.2 Å². The summed E-state index contributed by atoms with van der Waals surface area (Å²) in [4.78, 5) is 0. The van der Waals surface area contributed by atoms with Crippen molar-refractivity contribution < 1.29 is 13.9 Å². The van der Waals surface area contributed by atoms with E-state index in [4.69, 9.17) is 15.2 Å². The lowest BCUT2D eigenvalue weighted by atomic mass is 9.98. The van der Waals surface area contributed by atoms with E-state index in [1.165, 1.54) is 7.11 Å². The Kier molecular flexibility index (Phi) is 4.58. The van der Waals surface area contributed by atoms with Gasteiger partial charge in [-0.3, -0.25) is 0 Å². The molecular formula is C16H18FNO2. The standard InChI is InChI=1S/C16H18FNO2/c1-19-14-8-4-3-7-12(14)13(18)10-11-6-5-9-15(20-2)16(11)17/h3-9,13H,10,18H2,1-2H3. The first-order valence-electron chi connectivity index (χ1n) is 6.37. The van der Waals surface area contributed by atoms with E-state index in [0.717, 1.165) is 5.56 Å². The summed E-state index contributed by atoms with van der Waals surface area (Å²) in [5, 5.41) is 0. The molecule has 2 aromatic rings. The van der Waals surface area contributed by atoms with E-state index in [1.807, 2.05) is 24.3 Å². The molecule has 0 aliphatic heterocycles. The molecule has 106 valence electrons. The number of benzene rings is 2. The van der Waals surface area contributed by atoms with Crippen LogP contribution in [0.5, 0.6) is 11.5 Å². The lowest BCUT2D eigenvalue weighted by Gasteiger charge is -2.16. The Labute approximate surface area is 118 Å². The van der Waals surface area contributed by atoms with Gasteiger partial charge in [-0.05, 0) is 24.1 Å². The summed E-state index contributed by atoms with van der Waals surface area (Å²) in [7, 11) is 3.04. The Morgan fingerprint density at radius 3 is 2.35 bits per heavy atom. The van der Waals surface area contributed by atoms with E-state index >= 15 is 0 Å². The number of hydrogen-bond acceptors (Lipinski definition) is 3. The van der Waals surface area contributed by atoms with Crippen LogP contribution in [-0.4, -0.2) is 14.2 Å². The summed E-state index contributed by atoms with van der Waals surface area (Å²) < 4.78 is 24.4. The van der Waals surface area contributed by atoms with Gasteiger partial charge in [0.2, 0.25) is 0 Å².